The van der Waals surface area contributed by atoms with Crippen molar-refractivity contribution in [2.45, 2.75) is 26.7 Å². The Bertz CT molecular complexity index is 406. The first-order chi connectivity index (χ1) is 7.69. The van der Waals surface area contributed by atoms with Gasteiger partial charge in [0.15, 0.2) is 5.84 Å². The van der Waals surface area contributed by atoms with Gasteiger partial charge in [0.2, 0.25) is 0 Å². The highest BCUT2D eigenvalue weighted by atomic mass is 14.9. The number of hydrogen-bond acceptors (Lipinski definition) is 2. The van der Waals surface area contributed by atoms with Gasteiger partial charge < -0.3 is 5.73 Å². The third-order valence-corrected chi connectivity index (χ3v) is 2.37. The summed E-state index contributed by atoms with van der Waals surface area (Å²) >= 11 is 0. The highest BCUT2D eigenvalue weighted by Crippen LogP contribution is 2.13. The van der Waals surface area contributed by atoms with Gasteiger partial charge in [-0.25, -0.2) is 4.99 Å². The Morgan fingerprint density at radius 2 is 2.19 bits per heavy atom. The molecule has 0 aliphatic heterocycles. The lowest BCUT2D eigenvalue weighted by Crippen LogP contribution is -2.00. The van der Waals surface area contributed by atoms with E-state index in [1.165, 1.54) is 0 Å². The second kappa shape index (κ2) is 6.05. The molecule has 0 saturated heterocycles. The van der Waals surface area contributed by atoms with E-state index < -0.39 is 0 Å². The lowest BCUT2D eigenvalue weighted by atomic mass is 10.1. The second-order valence-corrected chi connectivity index (χ2v) is 3.72. The SMILES string of the molecule is CCC/C=N\C(=N/C)c1ccc(N)c(C)c1. The summed E-state index contributed by atoms with van der Waals surface area (Å²) in [6.07, 6.45) is 3.99. The number of anilines is 1. The summed E-state index contributed by atoms with van der Waals surface area (Å²) in [6.45, 7) is 4.12. The standard InChI is InChI=1S/C13H19N3/c1-4-5-8-16-13(15-3)11-6-7-12(14)10(2)9-11/h6-9H,4-5,14H2,1-3H3/b15-13-,16-8-. The molecule has 3 nitrogen and oxygen atoms in total. The van der Waals surface area contributed by atoms with Crippen LogP contribution in [-0.2, 0) is 0 Å². The maximum Gasteiger partial charge on any atom is 0.153 e. The first kappa shape index (κ1) is 12.4. The fourth-order valence-corrected chi connectivity index (χ4v) is 1.36. The van der Waals surface area contributed by atoms with Crippen LogP contribution in [0.15, 0.2) is 28.2 Å². The van der Waals surface area contributed by atoms with Crippen LogP contribution in [0.1, 0.15) is 30.9 Å². The molecule has 0 heterocycles. The van der Waals surface area contributed by atoms with Crippen LogP contribution in [0.3, 0.4) is 0 Å². The average Bonchev–Trinajstić information content (AvgIpc) is 2.29. The van der Waals surface area contributed by atoms with E-state index >= 15 is 0 Å². The summed E-state index contributed by atoms with van der Waals surface area (Å²) in [5, 5.41) is 0. The molecule has 1 aromatic carbocycles. The molecule has 0 bridgehead atoms. The molecule has 0 spiro atoms. The van der Waals surface area contributed by atoms with Crippen molar-refractivity contribution in [3.8, 4) is 0 Å². The van der Waals surface area contributed by atoms with Crippen molar-refractivity contribution in [3.63, 3.8) is 0 Å². The van der Waals surface area contributed by atoms with Gasteiger partial charge in [0.25, 0.3) is 0 Å². The Morgan fingerprint density at radius 3 is 2.75 bits per heavy atom. The summed E-state index contributed by atoms with van der Waals surface area (Å²) in [7, 11) is 1.75. The van der Waals surface area contributed by atoms with Crippen molar-refractivity contribution in [3.05, 3.63) is 29.3 Å². The molecule has 86 valence electrons. The lowest BCUT2D eigenvalue weighted by Gasteiger charge is -2.04. The van der Waals surface area contributed by atoms with Crippen LogP contribution in [0, 0.1) is 6.92 Å². The van der Waals surface area contributed by atoms with Crippen molar-refractivity contribution in [1.29, 1.82) is 0 Å². The molecule has 1 rings (SSSR count). The van der Waals surface area contributed by atoms with Gasteiger partial charge in [0, 0.05) is 24.5 Å². The Kier molecular flexibility index (Phi) is 4.70. The molecule has 0 fully saturated rings. The smallest absolute Gasteiger partial charge is 0.153 e. The van der Waals surface area contributed by atoms with E-state index in [4.69, 9.17) is 5.73 Å². The van der Waals surface area contributed by atoms with Crippen molar-refractivity contribution in [2.75, 3.05) is 12.8 Å². The zero-order chi connectivity index (χ0) is 12.0. The van der Waals surface area contributed by atoms with E-state index in [1.54, 1.807) is 7.05 Å². The van der Waals surface area contributed by atoms with Gasteiger partial charge in [-0.3, -0.25) is 4.99 Å². The Balaban J connectivity index is 2.92. The Morgan fingerprint density at radius 1 is 1.44 bits per heavy atom. The number of unbranched alkanes of at least 4 members (excludes halogenated alkanes) is 1. The number of aryl methyl sites for hydroxylation is 1. The number of nitrogen functional groups attached to an aromatic ring is 1. The number of nitrogens with zero attached hydrogens (tertiary/aromatic N) is 2. The largest absolute Gasteiger partial charge is 0.399 e. The van der Waals surface area contributed by atoms with Crippen molar-refractivity contribution in [2.24, 2.45) is 9.98 Å². The molecule has 2 N–H and O–H groups in total. The quantitative estimate of drug-likeness (QED) is 0.472. The van der Waals surface area contributed by atoms with Crippen LogP contribution < -0.4 is 5.73 Å². The van der Waals surface area contributed by atoms with Gasteiger partial charge in [-0.15, -0.1) is 0 Å². The molecule has 16 heavy (non-hydrogen) atoms. The van der Waals surface area contributed by atoms with E-state index in [9.17, 15) is 0 Å². The number of hydrogen-bond donors (Lipinski definition) is 1. The minimum Gasteiger partial charge on any atom is -0.399 e. The average molecular weight is 217 g/mol. The maximum atomic E-state index is 5.77. The van der Waals surface area contributed by atoms with Gasteiger partial charge in [-0.1, -0.05) is 13.3 Å². The van der Waals surface area contributed by atoms with E-state index in [2.05, 4.69) is 16.9 Å². The van der Waals surface area contributed by atoms with E-state index in [1.807, 2.05) is 31.3 Å². The van der Waals surface area contributed by atoms with Crippen LogP contribution in [0.4, 0.5) is 5.69 Å². The Labute approximate surface area is 97.1 Å². The second-order valence-electron chi connectivity index (χ2n) is 3.72. The normalized spacial score (nSPS) is 12.3. The summed E-state index contributed by atoms with van der Waals surface area (Å²) in [6, 6.07) is 5.86. The summed E-state index contributed by atoms with van der Waals surface area (Å²) in [4.78, 5) is 8.54. The number of benzene rings is 1. The van der Waals surface area contributed by atoms with Crippen molar-refractivity contribution < 1.29 is 0 Å². The first-order valence-electron chi connectivity index (χ1n) is 5.54. The Hall–Kier alpha value is -1.64. The van der Waals surface area contributed by atoms with Crippen LogP contribution in [0.2, 0.25) is 0 Å². The maximum absolute atomic E-state index is 5.77. The molecular weight excluding hydrogens is 198 g/mol. The molecule has 0 atom stereocenters. The zero-order valence-electron chi connectivity index (χ0n) is 10.2. The highest BCUT2D eigenvalue weighted by molar-refractivity contribution is 6.03. The van der Waals surface area contributed by atoms with Gasteiger partial charge in [-0.2, -0.15) is 0 Å². The van der Waals surface area contributed by atoms with Crippen molar-refractivity contribution in [1.82, 2.24) is 0 Å². The molecule has 0 aliphatic rings. The number of nitrogens with two attached hydrogens (primary N) is 1. The van der Waals surface area contributed by atoms with Gasteiger partial charge >= 0.3 is 0 Å². The van der Waals surface area contributed by atoms with E-state index in [-0.39, 0.29) is 0 Å². The number of rotatable bonds is 3. The molecule has 0 saturated carbocycles. The summed E-state index contributed by atoms with van der Waals surface area (Å²) in [5.74, 6) is 0.761. The minimum absolute atomic E-state index is 0.761. The monoisotopic (exact) mass is 217 g/mol. The van der Waals surface area contributed by atoms with Crippen molar-refractivity contribution >= 4 is 17.7 Å². The molecule has 0 radical (unpaired) electrons. The van der Waals surface area contributed by atoms with Crippen LogP contribution >= 0.6 is 0 Å². The molecule has 0 amide bonds. The fraction of sp³-hybridized carbons (Fsp3) is 0.385. The summed E-state index contributed by atoms with van der Waals surface area (Å²) < 4.78 is 0. The molecule has 0 aromatic heterocycles. The molecule has 0 unspecified atom stereocenters. The molecule has 0 aliphatic carbocycles. The molecule has 1 aromatic rings. The highest BCUT2D eigenvalue weighted by Gasteiger charge is 2.02. The van der Waals surface area contributed by atoms with Crippen LogP contribution in [0.5, 0.6) is 0 Å². The predicted octanol–water partition coefficient (Wildman–Crippen LogP) is 2.82. The van der Waals surface area contributed by atoms with Gasteiger partial charge in [-0.05, 0) is 37.1 Å². The third-order valence-electron chi connectivity index (χ3n) is 2.37. The first-order valence-corrected chi connectivity index (χ1v) is 5.54. The third kappa shape index (κ3) is 3.19. The summed E-state index contributed by atoms with van der Waals surface area (Å²) in [5.41, 5.74) is 8.65. The molecular formula is C13H19N3. The predicted molar refractivity (Wildman–Crippen MR) is 71.5 cm³/mol. The van der Waals surface area contributed by atoms with Gasteiger partial charge in [0.05, 0.1) is 0 Å². The minimum atomic E-state index is 0.761. The van der Waals surface area contributed by atoms with Gasteiger partial charge in [0.1, 0.15) is 0 Å². The van der Waals surface area contributed by atoms with Crippen LogP contribution in [0.25, 0.3) is 0 Å². The number of aliphatic imine (C=N–C) groups is 2. The fourth-order valence-electron chi connectivity index (χ4n) is 1.36. The van der Waals surface area contributed by atoms with E-state index in [0.29, 0.717) is 0 Å². The lowest BCUT2D eigenvalue weighted by molar-refractivity contribution is 1.01. The number of amidine groups is 1. The topological polar surface area (TPSA) is 50.7 Å². The molecule has 3 heteroatoms. The zero-order valence-corrected chi connectivity index (χ0v) is 10.2. The van der Waals surface area contributed by atoms with Crippen LogP contribution in [-0.4, -0.2) is 19.1 Å². The van der Waals surface area contributed by atoms with E-state index in [0.717, 1.165) is 35.5 Å².